The van der Waals surface area contributed by atoms with E-state index in [-0.39, 0.29) is 18.6 Å². The number of rotatable bonds is 5. The van der Waals surface area contributed by atoms with Crippen molar-refractivity contribution in [2.45, 2.75) is 26.3 Å². The quantitative estimate of drug-likeness (QED) is 0.575. The van der Waals surface area contributed by atoms with Crippen molar-refractivity contribution in [1.29, 1.82) is 0 Å². The number of carbonyl (C=O) groups is 1. The predicted octanol–water partition coefficient (Wildman–Crippen LogP) is 5.31. The first-order valence-electron chi connectivity index (χ1n) is 9.41. The van der Waals surface area contributed by atoms with Gasteiger partial charge in [-0.3, -0.25) is 4.79 Å². The molecule has 1 atom stereocenters. The van der Waals surface area contributed by atoms with Crippen molar-refractivity contribution in [1.82, 2.24) is 5.01 Å². The third-order valence-electron chi connectivity index (χ3n) is 5.12. The average Bonchev–Trinajstić information content (AvgIpc) is 3.39. The van der Waals surface area contributed by atoms with Crippen LogP contribution < -0.4 is 4.74 Å². The zero-order valence-corrected chi connectivity index (χ0v) is 17.0. The number of amides is 1. The number of halogens is 1. The highest BCUT2D eigenvalue weighted by molar-refractivity contribution is 6.30. The summed E-state index contributed by atoms with van der Waals surface area (Å²) in [6.45, 7) is 3.90. The molecular formula is C23H21ClN2O3. The Hall–Kier alpha value is -3.05. The van der Waals surface area contributed by atoms with Crippen LogP contribution in [-0.2, 0) is 4.79 Å². The van der Waals surface area contributed by atoms with Crippen LogP contribution in [0.3, 0.4) is 0 Å². The van der Waals surface area contributed by atoms with Crippen molar-refractivity contribution >= 4 is 23.2 Å². The molecule has 6 heteroatoms. The number of hydrogen-bond acceptors (Lipinski definition) is 4. The summed E-state index contributed by atoms with van der Waals surface area (Å²) < 4.78 is 11.4. The van der Waals surface area contributed by atoms with Crippen molar-refractivity contribution in [3.63, 3.8) is 0 Å². The molecule has 0 saturated heterocycles. The Labute approximate surface area is 174 Å². The SMILES string of the molecule is Cc1cccc(OCC(=O)N2N=C(c3ccc(Cl)cc3)C[C@@H]2c2ccco2)c1C. The molecule has 0 aliphatic carbocycles. The monoisotopic (exact) mass is 408 g/mol. The number of benzene rings is 2. The van der Waals surface area contributed by atoms with E-state index < -0.39 is 0 Å². The van der Waals surface area contributed by atoms with Gasteiger partial charge in [0.05, 0.1) is 12.0 Å². The molecule has 0 fully saturated rings. The van der Waals surface area contributed by atoms with Gasteiger partial charge in [0.25, 0.3) is 5.91 Å². The average molecular weight is 409 g/mol. The van der Waals surface area contributed by atoms with E-state index in [9.17, 15) is 4.79 Å². The van der Waals surface area contributed by atoms with Crippen LogP contribution >= 0.6 is 11.6 Å². The summed E-state index contributed by atoms with van der Waals surface area (Å²) in [4.78, 5) is 13.0. The molecule has 2 aromatic carbocycles. The third kappa shape index (κ3) is 4.05. The molecule has 0 saturated carbocycles. The van der Waals surface area contributed by atoms with Gasteiger partial charge in [0.2, 0.25) is 0 Å². The molecule has 1 amide bonds. The Morgan fingerprint density at radius 2 is 1.97 bits per heavy atom. The summed E-state index contributed by atoms with van der Waals surface area (Å²) in [7, 11) is 0. The summed E-state index contributed by atoms with van der Waals surface area (Å²) >= 11 is 5.99. The molecule has 29 heavy (non-hydrogen) atoms. The zero-order valence-electron chi connectivity index (χ0n) is 16.3. The van der Waals surface area contributed by atoms with Crippen LogP contribution in [0.2, 0.25) is 5.02 Å². The van der Waals surface area contributed by atoms with Gasteiger partial charge in [0, 0.05) is 11.4 Å². The van der Waals surface area contributed by atoms with Crippen LogP contribution in [-0.4, -0.2) is 23.2 Å². The Balaban J connectivity index is 1.56. The van der Waals surface area contributed by atoms with Gasteiger partial charge >= 0.3 is 0 Å². The van der Waals surface area contributed by atoms with Gasteiger partial charge in [-0.1, -0.05) is 35.9 Å². The highest BCUT2D eigenvalue weighted by Gasteiger charge is 2.35. The van der Waals surface area contributed by atoms with Crippen LogP contribution in [0.25, 0.3) is 0 Å². The molecule has 0 unspecified atom stereocenters. The first kappa shape index (κ1) is 19.3. The fraction of sp³-hybridized carbons (Fsp3) is 0.217. The zero-order chi connectivity index (χ0) is 20.4. The van der Waals surface area contributed by atoms with Gasteiger partial charge < -0.3 is 9.15 Å². The molecule has 1 aliphatic rings. The van der Waals surface area contributed by atoms with Gasteiger partial charge in [-0.05, 0) is 60.9 Å². The van der Waals surface area contributed by atoms with Crippen molar-refractivity contribution < 1.29 is 13.9 Å². The minimum Gasteiger partial charge on any atom is -0.483 e. The summed E-state index contributed by atoms with van der Waals surface area (Å²) in [5.74, 6) is 1.17. The second-order valence-corrected chi connectivity index (χ2v) is 7.45. The molecule has 5 nitrogen and oxygen atoms in total. The van der Waals surface area contributed by atoms with E-state index in [2.05, 4.69) is 5.10 Å². The Morgan fingerprint density at radius 3 is 2.69 bits per heavy atom. The number of hydrazone groups is 1. The molecule has 1 aliphatic heterocycles. The molecule has 0 N–H and O–H groups in total. The highest BCUT2D eigenvalue weighted by atomic mass is 35.5. The van der Waals surface area contributed by atoms with Gasteiger partial charge in [-0.2, -0.15) is 5.10 Å². The third-order valence-corrected chi connectivity index (χ3v) is 5.37. The lowest BCUT2D eigenvalue weighted by molar-refractivity contribution is -0.135. The first-order chi connectivity index (χ1) is 14.0. The number of furan rings is 1. The van der Waals surface area contributed by atoms with Crippen LogP contribution in [0.15, 0.2) is 70.4 Å². The van der Waals surface area contributed by atoms with E-state index in [4.69, 9.17) is 20.8 Å². The highest BCUT2D eigenvalue weighted by Crippen LogP contribution is 2.33. The van der Waals surface area contributed by atoms with E-state index in [1.807, 2.05) is 68.4 Å². The van der Waals surface area contributed by atoms with Crippen LogP contribution in [0.4, 0.5) is 0 Å². The molecule has 4 rings (SSSR count). The second kappa shape index (κ2) is 8.13. The molecule has 0 bridgehead atoms. The fourth-order valence-electron chi connectivity index (χ4n) is 3.35. The van der Waals surface area contributed by atoms with Crippen molar-refractivity contribution in [2.24, 2.45) is 5.10 Å². The topological polar surface area (TPSA) is 55.0 Å². The number of ether oxygens (including phenoxy) is 1. The second-order valence-electron chi connectivity index (χ2n) is 7.01. The van der Waals surface area contributed by atoms with Crippen molar-refractivity contribution in [3.8, 4) is 5.75 Å². The number of aryl methyl sites for hydroxylation is 1. The van der Waals surface area contributed by atoms with Gasteiger partial charge in [-0.15, -0.1) is 0 Å². The summed E-state index contributed by atoms with van der Waals surface area (Å²) in [6.07, 6.45) is 2.16. The predicted molar refractivity (Wildman–Crippen MR) is 112 cm³/mol. The molecule has 148 valence electrons. The maximum Gasteiger partial charge on any atom is 0.281 e. The Bertz CT molecular complexity index is 1040. The summed E-state index contributed by atoms with van der Waals surface area (Å²) in [6, 6.07) is 16.6. The lowest BCUT2D eigenvalue weighted by atomic mass is 10.0. The molecule has 3 aromatic rings. The lowest BCUT2D eigenvalue weighted by Crippen LogP contribution is -2.31. The van der Waals surface area contributed by atoms with E-state index in [0.29, 0.717) is 23.0 Å². The number of hydrogen-bond donors (Lipinski definition) is 0. The van der Waals surface area contributed by atoms with E-state index >= 15 is 0 Å². The number of nitrogens with zero attached hydrogens (tertiary/aromatic N) is 2. The summed E-state index contributed by atoms with van der Waals surface area (Å²) in [5.41, 5.74) is 3.88. The standard InChI is InChI=1S/C23H21ClN2O3/c1-15-5-3-6-21(16(15)2)29-14-23(27)26-20(22-7-4-12-28-22)13-19(25-26)17-8-10-18(24)11-9-17/h3-12,20H,13-14H2,1-2H3/t20-/m1/s1. The van der Waals surface area contributed by atoms with Gasteiger partial charge in [0.1, 0.15) is 17.6 Å². The molecule has 1 aromatic heterocycles. The first-order valence-corrected chi connectivity index (χ1v) is 9.78. The van der Waals surface area contributed by atoms with Crippen LogP contribution in [0.5, 0.6) is 5.75 Å². The molecular weight excluding hydrogens is 388 g/mol. The Morgan fingerprint density at radius 1 is 1.17 bits per heavy atom. The van der Waals surface area contributed by atoms with Crippen molar-refractivity contribution in [2.75, 3.05) is 6.61 Å². The minimum atomic E-state index is -0.301. The van der Waals surface area contributed by atoms with E-state index in [1.165, 1.54) is 5.01 Å². The normalized spacial score (nSPS) is 16.0. The van der Waals surface area contributed by atoms with Crippen LogP contribution in [0.1, 0.15) is 34.9 Å². The van der Waals surface area contributed by atoms with Crippen LogP contribution in [0, 0.1) is 13.8 Å². The molecule has 2 heterocycles. The van der Waals surface area contributed by atoms with Gasteiger partial charge in [-0.25, -0.2) is 5.01 Å². The van der Waals surface area contributed by atoms with Gasteiger partial charge in [0.15, 0.2) is 6.61 Å². The van der Waals surface area contributed by atoms with E-state index in [1.54, 1.807) is 6.26 Å². The lowest BCUT2D eigenvalue weighted by Gasteiger charge is -2.20. The van der Waals surface area contributed by atoms with Crippen molar-refractivity contribution in [3.05, 3.63) is 88.3 Å². The number of carbonyl (C=O) groups excluding carboxylic acids is 1. The van der Waals surface area contributed by atoms with E-state index in [0.717, 1.165) is 22.4 Å². The smallest absolute Gasteiger partial charge is 0.281 e. The summed E-state index contributed by atoms with van der Waals surface area (Å²) in [5, 5.41) is 6.72. The maximum absolute atomic E-state index is 13.0. The molecule has 0 spiro atoms. The molecule has 0 radical (unpaired) electrons. The minimum absolute atomic E-state index is 0.0983. The largest absolute Gasteiger partial charge is 0.483 e. The Kier molecular flexibility index (Phi) is 5.41. The fourth-order valence-corrected chi connectivity index (χ4v) is 3.47. The maximum atomic E-state index is 13.0.